The molecule has 2 N–H and O–H groups in total. The van der Waals surface area contributed by atoms with Crippen LogP contribution in [0.15, 0.2) is 29.5 Å². The van der Waals surface area contributed by atoms with Crippen LogP contribution in [-0.2, 0) is 9.53 Å². The van der Waals surface area contributed by atoms with Crippen molar-refractivity contribution in [2.45, 2.75) is 26.8 Å². The number of carbonyl (C=O) groups is 2. The molecule has 1 aliphatic rings. The SMILES string of the molecule is COC(=O)C1=C(C)NC(=O)NC1c1ccc(C)cc1C. The lowest BCUT2D eigenvalue weighted by atomic mass is 9.91. The predicted molar refractivity (Wildman–Crippen MR) is 75.0 cm³/mol. The first-order valence-corrected chi connectivity index (χ1v) is 6.37. The van der Waals surface area contributed by atoms with Crippen LogP contribution in [0.1, 0.15) is 29.7 Å². The fraction of sp³-hybridized carbons (Fsp3) is 0.333. The van der Waals surface area contributed by atoms with Gasteiger partial charge in [-0.15, -0.1) is 0 Å². The molecule has 0 aromatic heterocycles. The maximum absolute atomic E-state index is 12.0. The fourth-order valence-electron chi connectivity index (χ4n) is 2.46. The Kier molecular flexibility index (Phi) is 3.79. The van der Waals surface area contributed by atoms with Gasteiger partial charge < -0.3 is 15.4 Å². The van der Waals surface area contributed by atoms with Gasteiger partial charge in [0.25, 0.3) is 0 Å². The van der Waals surface area contributed by atoms with Crippen molar-refractivity contribution < 1.29 is 14.3 Å². The summed E-state index contributed by atoms with van der Waals surface area (Å²) in [5.41, 5.74) is 3.99. The number of urea groups is 1. The minimum Gasteiger partial charge on any atom is -0.466 e. The van der Waals surface area contributed by atoms with Gasteiger partial charge in [-0.25, -0.2) is 9.59 Å². The summed E-state index contributed by atoms with van der Waals surface area (Å²) < 4.78 is 4.82. The monoisotopic (exact) mass is 274 g/mol. The number of rotatable bonds is 2. The molecule has 0 aliphatic carbocycles. The summed E-state index contributed by atoms with van der Waals surface area (Å²) in [6.45, 7) is 5.66. The molecule has 2 rings (SSSR count). The number of ether oxygens (including phenoxy) is 1. The van der Waals surface area contributed by atoms with Gasteiger partial charge in [-0.3, -0.25) is 0 Å². The molecule has 20 heavy (non-hydrogen) atoms. The molecule has 0 fully saturated rings. The molecule has 1 aliphatic heterocycles. The van der Waals surface area contributed by atoms with Gasteiger partial charge in [0.2, 0.25) is 0 Å². The number of nitrogens with one attached hydrogen (secondary N) is 2. The minimum absolute atomic E-state index is 0.319. The number of benzene rings is 1. The third kappa shape index (κ3) is 2.52. The van der Waals surface area contributed by atoms with Gasteiger partial charge in [0, 0.05) is 5.70 Å². The van der Waals surface area contributed by atoms with E-state index in [-0.39, 0.29) is 6.03 Å². The molecule has 0 radical (unpaired) electrons. The number of hydrogen-bond donors (Lipinski definition) is 2. The van der Waals surface area contributed by atoms with Gasteiger partial charge in [0.1, 0.15) is 0 Å². The number of amides is 2. The molecule has 1 aromatic rings. The quantitative estimate of drug-likeness (QED) is 0.812. The summed E-state index contributed by atoms with van der Waals surface area (Å²) in [7, 11) is 1.33. The van der Waals surface area contributed by atoms with Gasteiger partial charge >= 0.3 is 12.0 Å². The fourth-order valence-corrected chi connectivity index (χ4v) is 2.46. The lowest BCUT2D eigenvalue weighted by Crippen LogP contribution is -2.45. The summed E-state index contributed by atoms with van der Waals surface area (Å²) in [4.78, 5) is 23.7. The van der Waals surface area contributed by atoms with Crippen molar-refractivity contribution in [3.8, 4) is 0 Å². The summed E-state index contributed by atoms with van der Waals surface area (Å²) in [5.74, 6) is -0.444. The van der Waals surface area contributed by atoms with Crippen LogP contribution in [0, 0.1) is 13.8 Å². The molecule has 1 unspecified atom stereocenters. The second-order valence-corrected chi connectivity index (χ2v) is 4.92. The number of esters is 1. The van der Waals surface area contributed by atoms with E-state index in [1.54, 1.807) is 6.92 Å². The van der Waals surface area contributed by atoms with Crippen LogP contribution in [0.2, 0.25) is 0 Å². The summed E-state index contributed by atoms with van der Waals surface area (Å²) in [6.07, 6.45) is 0. The predicted octanol–water partition coefficient (Wildman–Crippen LogP) is 2.10. The van der Waals surface area contributed by atoms with Crippen LogP contribution in [0.5, 0.6) is 0 Å². The summed E-state index contributed by atoms with van der Waals surface area (Å²) in [5, 5.41) is 5.38. The van der Waals surface area contributed by atoms with E-state index in [0.29, 0.717) is 11.3 Å². The zero-order chi connectivity index (χ0) is 14.9. The minimum atomic E-state index is -0.489. The van der Waals surface area contributed by atoms with Crippen molar-refractivity contribution in [1.82, 2.24) is 10.6 Å². The second-order valence-electron chi connectivity index (χ2n) is 4.92. The highest BCUT2D eigenvalue weighted by molar-refractivity contribution is 5.95. The van der Waals surface area contributed by atoms with Gasteiger partial charge in [0.05, 0.1) is 18.7 Å². The van der Waals surface area contributed by atoms with Crippen LogP contribution in [0.3, 0.4) is 0 Å². The van der Waals surface area contributed by atoms with Crippen molar-refractivity contribution in [2.75, 3.05) is 7.11 Å². The maximum atomic E-state index is 12.0. The Morgan fingerprint density at radius 1 is 1.25 bits per heavy atom. The first-order chi connectivity index (χ1) is 9.43. The molecule has 0 spiro atoms. The number of methoxy groups -OCH3 is 1. The Morgan fingerprint density at radius 2 is 1.95 bits per heavy atom. The van der Waals surface area contributed by atoms with Crippen LogP contribution >= 0.6 is 0 Å². The molecule has 106 valence electrons. The van der Waals surface area contributed by atoms with Crippen LogP contribution < -0.4 is 10.6 Å². The van der Waals surface area contributed by atoms with E-state index >= 15 is 0 Å². The highest BCUT2D eigenvalue weighted by atomic mass is 16.5. The largest absolute Gasteiger partial charge is 0.466 e. The van der Waals surface area contributed by atoms with Gasteiger partial charge in [-0.1, -0.05) is 23.8 Å². The highest BCUT2D eigenvalue weighted by Crippen LogP contribution is 2.29. The first kappa shape index (κ1) is 14.1. The molecule has 1 atom stereocenters. The van der Waals surface area contributed by atoms with Crippen molar-refractivity contribution in [1.29, 1.82) is 0 Å². The molecular weight excluding hydrogens is 256 g/mol. The number of aryl methyl sites for hydroxylation is 2. The van der Waals surface area contributed by atoms with Crippen LogP contribution in [-0.4, -0.2) is 19.1 Å². The zero-order valence-corrected chi connectivity index (χ0v) is 12.0. The van der Waals surface area contributed by atoms with E-state index in [2.05, 4.69) is 10.6 Å². The second kappa shape index (κ2) is 5.36. The highest BCUT2D eigenvalue weighted by Gasteiger charge is 2.32. The number of allylic oxidation sites excluding steroid dienone is 1. The molecule has 1 aromatic carbocycles. The van der Waals surface area contributed by atoms with Crippen molar-refractivity contribution in [3.63, 3.8) is 0 Å². The topological polar surface area (TPSA) is 67.4 Å². The molecule has 0 bridgehead atoms. The normalized spacial score (nSPS) is 18.4. The molecule has 5 nitrogen and oxygen atoms in total. The van der Waals surface area contributed by atoms with E-state index in [1.165, 1.54) is 7.11 Å². The Labute approximate surface area is 118 Å². The lowest BCUT2D eigenvalue weighted by molar-refractivity contribution is -0.136. The Balaban J connectivity index is 2.54. The Bertz CT molecular complexity index is 605. The molecule has 1 heterocycles. The first-order valence-electron chi connectivity index (χ1n) is 6.37. The summed E-state index contributed by atoms with van der Waals surface area (Å²) >= 11 is 0. The van der Waals surface area contributed by atoms with Gasteiger partial charge in [-0.2, -0.15) is 0 Å². The van der Waals surface area contributed by atoms with Crippen LogP contribution in [0.25, 0.3) is 0 Å². The molecule has 0 saturated heterocycles. The maximum Gasteiger partial charge on any atom is 0.337 e. The zero-order valence-electron chi connectivity index (χ0n) is 12.0. The van der Waals surface area contributed by atoms with Gasteiger partial charge in [0.15, 0.2) is 0 Å². The van der Waals surface area contributed by atoms with Crippen LogP contribution in [0.4, 0.5) is 4.79 Å². The lowest BCUT2D eigenvalue weighted by Gasteiger charge is -2.28. The van der Waals surface area contributed by atoms with E-state index in [1.807, 2.05) is 32.0 Å². The van der Waals surface area contributed by atoms with E-state index < -0.39 is 12.0 Å². The number of carbonyl (C=O) groups excluding carboxylic acids is 2. The third-order valence-electron chi connectivity index (χ3n) is 3.41. The Hall–Kier alpha value is -2.30. The Morgan fingerprint density at radius 3 is 2.55 bits per heavy atom. The average Bonchev–Trinajstić information content (AvgIpc) is 2.37. The smallest absolute Gasteiger partial charge is 0.337 e. The van der Waals surface area contributed by atoms with E-state index in [0.717, 1.165) is 16.7 Å². The molecule has 2 amide bonds. The summed E-state index contributed by atoms with van der Waals surface area (Å²) in [6, 6.07) is 5.10. The van der Waals surface area contributed by atoms with Crippen molar-refractivity contribution in [2.24, 2.45) is 0 Å². The standard InChI is InChI=1S/C15H18N2O3/c1-8-5-6-11(9(2)7-8)13-12(14(18)20-4)10(3)16-15(19)17-13/h5-7,13H,1-4H3,(H2,16,17,19). The molecule has 0 saturated carbocycles. The van der Waals surface area contributed by atoms with Gasteiger partial charge in [-0.05, 0) is 31.9 Å². The molecule has 5 heteroatoms. The van der Waals surface area contributed by atoms with Crippen molar-refractivity contribution >= 4 is 12.0 Å². The van der Waals surface area contributed by atoms with E-state index in [4.69, 9.17) is 4.74 Å². The van der Waals surface area contributed by atoms with E-state index in [9.17, 15) is 9.59 Å². The average molecular weight is 274 g/mol. The third-order valence-corrected chi connectivity index (χ3v) is 3.41. The van der Waals surface area contributed by atoms with Crippen molar-refractivity contribution in [3.05, 3.63) is 46.2 Å². The molecular formula is C15H18N2O3. The number of hydrogen-bond acceptors (Lipinski definition) is 3.